The van der Waals surface area contributed by atoms with Gasteiger partial charge in [0.25, 0.3) is 0 Å². The van der Waals surface area contributed by atoms with Gasteiger partial charge < -0.3 is 24.1 Å². The van der Waals surface area contributed by atoms with Crippen molar-refractivity contribution in [1.29, 1.82) is 0 Å². The molecule has 6 heteroatoms. The summed E-state index contributed by atoms with van der Waals surface area (Å²) in [4.78, 5) is 15.2. The first-order valence-electron chi connectivity index (χ1n) is 9.04. The summed E-state index contributed by atoms with van der Waals surface area (Å²) in [6.07, 6.45) is 3.12. The third-order valence-electron chi connectivity index (χ3n) is 5.37. The molecule has 0 aliphatic carbocycles. The first-order valence-corrected chi connectivity index (χ1v) is 9.04. The molecular weight excluding hydrogens is 332 g/mol. The molecule has 0 saturated carbocycles. The van der Waals surface area contributed by atoms with E-state index in [0.717, 1.165) is 35.5 Å². The first kappa shape index (κ1) is 17.1. The molecule has 1 aromatic heterocycles. The van der Waals surface area contributed by atoms with E-state index in [1.807, 2.05) is 29.2 Å². The highest BCUT2D eigenvalue weighted by atomic mass is 16.5. The molecule has 1 N–H and O–H groups in total. The molecule has 1 fully saturated rings. The molecule has 1 aromatic carbocycles. The minimum absolute atomic E-state index is 0.177. The number of rotatable bonds is 6. The van der Waals surface area contributed by atoms with Crippen molar-refractivity contribution in [2.75, 3.05) is 43.7 Å². The zero-order valence-electron chi connectivity index (χ0n) is 15.0. The third-order valence-corrected chi connectivity index (χ3v) is 5.37. The van der Waals surface area contributed by atoms with E-state index in [0.29, 0.717) is 32.9 Å². The monoisotopic (exact) mass is 356 g/mol. The van der Waals surface area contributed by atoms with Crippen molar-refractivity contribution in [3.63, 3.8) is 0 Å². The van der Waals surface area contributed by atoms with Crippen LogP contribution in [0.15, 0.2) is 41.0 Å². The molecule has 2 aliphatic heterocycles. The number of amides is 1. The fourth-order valence-electron chi connectivity index (χ4n) is 3.96. The largest absolute Gasteiger partial charge is 0.467 e. The number of nitrogens with one attached hydrogen (secondary N) is 1. The Labute approximate surface area is 153 Å². The first-order chi connectivity index (χ1) is 12.7. The summed E-state index contributed by atoms with van der Waals surface area (Å²) in [5, 5.41) is 3.39. The number of benzene rings is 1. The van der Waals surface area contributed by atoms with E-state index in [1.165, 1.54) is 0 Å². The Bertz CT molecular complexity index is 766. The van der Waals surface area contributed by atoms with Crippen molar-refractivity contribution in [2.45, 2.75) is 24.8 Å². The number of carbonyl (C=O) groups is 1. The quantitative estimate of drug-likeness (QED) is 0.862. The summed E-state index contributed by atoms with van der Waals surface area (Å²) in [6, 6.07) is 10.00. The summed E-state index contributed by atoms with van der Waals surface area (Å²) < 4.78 is 16.1. The van der Waals surface area contributed by atoms with Crippen LogP contribution in [0.2, 0.25) is 0 Å². The maximum atomic E-state index is 13.3. The second-order valence-corrected chi connectivity index (χ2v) is 6.81. The summed E-state index contributed by atoms with van der Waals surface area (Å²) in [5.41, 5.74) is 2.63. The Morgan fingerprint density at radius 1 is 1.27 bits per heavy atom. The predicted molar refractivity (Wildman–Crippen MR) is 98.4 cm³/mol. The van der Waals surface area contributed by atoms with Gasteiger partial charge in [-0.2, -0.15) is 0 Å². The lowest BCUT2D eigenvalue weighted by atomic mass is 9.75. The predicted octanol–water partition coefficient (Wildman–Crippen LogP) is 2.93. The van der Waals surface area contributed by atoms with E-state index in [9.17, 15) is 4.79 Å². The Hall–Kier alpha value is -2.31. The standard InChI is InChI=1S/C20H24N2O4/c1-24-12-8-22-18-5-4-15(21-14-16-3-2-9-26-16)13-17(18)20(19(22)23)6-10-25-11-7-20/h2-5,9,13,21H,6-8,10-12,14H2,1H3. The maximum absolute atomic E-state index is 13.3. The lowest BCUT2D eigenvalue weighted by Gasteiger charge is -2.32. The summed E-state index contributed by atoms with van der Waals surface area (Å²) >= 11 is 0. The fraction of sp³-hybridized carbons (Fsp3) is 0.450. The fourth-order valence-corrected chi connectivity index (χ4v) is 3.96. The van der Waals surface area contributed by atoms with Gasteiger partial charge in [0.05, 0.1) is 24.8 Å². The number of methoxy groups -OCH3 is 1. The van der Waals surface area contributed by atoms with Gasteiger partial charge in [0, 0.05) is 38.2 Å². The number of furan rings is 1. The van der Waals surface area contributed by atoms with Crippen molar-refractivity contribution < 1.29 is 18.7 Å². The molecule has 1 spiro atoms. The number of ether oxygens (including phenoxy) is 2. The minimum Gasteiger partial charge on any atom is -0.467 e. The smallest absolute Gasteiger partial charge is 0.237 e. The van der Waals surface area contributed by atoms with Gasteiger partial charge in [0.2, 0.25) is 5.91 Å². The zero-order valence-corrected chi connectivity index (χ0v) is 15.0. The van der Waals surface area contributed by atoms with Crippen LogP contribution >= 0.6 is 0 Å². The lowest BCUT2D eigenvalue weighted by molar-refractivity contribution is -0.126. The SMILES string of the molecule is COCCN1C(=O)C2(CCOCC2)c2cc(NCc3ccco3)ccc21. The molecule has 2 aromatic rings. The highest BCUT2D eigenvalue weighted by molar-refractivity contribution is 6.08. The molecule has 0 atom stereocenters. The highest BCUT2D eigenvalue weighted by Gasteiger charge is 2.51. The summed E-state index contributed by atoms with van der Waals surface area (Å²) in [6.45, 7) is 2.95. The van der Waals surface area contributed by atoms with E-state index in [4.69, 9.17) is 13.9 Å². The summed E-state index contributed by atoms with van der Waals surface area (Å²) in [7, 11) is 1.66. The van der Waals surface area contributed by atoms with Gasteiger partial charge in [-0.1, -0.05) is 0 Å². The zero-order chi connectivity index (χ0) is 18.0. The van der Waals surface area contributed by atoms with E-state index in [-0.39, 0.29) is 5.91 Å². The molecule has 2 aliphatic rings. The Morgan fingerprint density at radius 3 is 2.85 bits per heavy atom. The van der Waals surface area contributed by atoms with E-state index in [1.54, 1.807) is 13.4 Å². The second kappa shape index (κ2) is 7.13. The van der Waals surface area contributed by atoms with Crippen LogP contribution in [-0.4, -0.2) is 39.4 Å². The van der Waals surface area contributed by atoms with Crippen molar-refractivity contribution in [3.8, 4) is 0 Å². The molecule has 138 valence electrons. The van der Waals surface area contributed by atoms with Gasteiger partial charge in [-0.05, 0) is 48.7 Å². The van der Waals surface area contributed by atoms with E-state index < -0.39 is 5.41 Å². The van der Waals surface area contributed by atoms with Crippen molar-refractivity contribution in [2.24, 2.45) is 0 Å². The average molecular weight is 356 g/mol. The Balaban J connectivity index is 1.64. The highest BCUT2D eigenvalue weighted by Crippen LogP contribution is 2.48. The molecule has 1 saturated heterocycles. The number of hydrogen-bond donors (Lipinski definition) is 1. The molecule has 0 unspecified atom stereocenters. The third kappa shape index (κ3) is 2.89. The molecule has 26 heavy (non-hydrogen) atoms. The van der Waals surface area contributed by atoms with Crippen LogP contribution in [0, 0.1) is 0 Å². The molecule has 0 radical (unpaired) electrons. The summed E-state index contributed by atoms with van der Waals surface area (Å²) in [5.74, 6) is 1.06. The van der Waals surface area contributed by atoms with E-state index in [2.05, 4.69) is 11.4 Å². The lowest BCUT2D eigenvalue weighted by Crippen LogP contribution is -2.45. The number of carbonyl (C=O) groups excluding carboxylic acids is 1. The van der Waals surface area contributed by atoms with Gasteiger partial charge in [-0.15, -0.1) is 0 Å². The van der Waals surface area contributed by atoms with Gasteiger partial charge in [-0.25, -0.2) is 0 Å². The number of anilines is 2. The van der Waals surface area contributed by atoms with Crippen LogP contribution < -0.4 is 10.2 Å². The average Bonchev–Trinajstić information content (AvgIpc) is 3.27. The Morgan fingerprint density at radius 2 is 2.12 bits per heavy atom. The van der Waals surface area contributed by atoms with Gasteiger partial charge in [-0.3, -0.25) is 4.79 Å². The van der Waals surface area contributed by atoms with Crippen LogP contribution in [0.25, 0.3) is 0 Å². The molecule has 1 amide bonds. The molecule has 3 heterocycles. The van der Waals surface area contributed by atoms with Gasteiger partial charge in [0.1, 0.15) is 5.76 Å². The van der Waals surface area contributed by atoms with E-state index >= 15 is 0 Å². The second-order valence-electron chi connectivity index (χ2n) is 6.81. The van der Waals surface area contributed by atoms with Crippen LogP contribution in [-0.2, 0) is 26.2 Å². The van der Waals surface area contributed by atoms with Gasteiger partial charge >= 0.3 is 0 Å². The number of hydrogen-bond acceptors (Lipinski definition) is 5. The normalized spacial score (nSPS) is 18.3. The van der Waals surface area contributed by atoms with Crippen LogP contribution in [0.3, 0.4) is 0 Å². The number of fused-ring (bicyclic) bond motifs is 2. The molecule has 0 bridgehead atoms. The molecule has 6 nitrogen and oxygen atoms in total. The van der Waals surface area contributed by atoms with Crippen molar-refractivity contribution in [3.05, 3.63) is 47.9 Å². The molecule has 4 rings (SSSR count). The van der Waals surface area contributed by atoms with Crippen molar-refractivity contribution in [1.82, 2.24) is 0 Å². The van der Waals surface area contributed by atoms with Crippen LogP contribution in [0.5, 0.6) is 0 Å². The molecular formula is C20H24N2O4. The number of nitrogens with zero attached hydrogens (tertiary/aromatic N) is 1. The van der Waals surface area contributed by atoms with Gasteiger partial charge in [0.15, 0.2) is 0 Å². The topological polar surface area (TPSA) is 63.9 Å². The van der Waals surface area contributed by atoms with Crippen LogP contribution in [0.1, 0.15) is 24.2 Å². The van der Waals surface area contributed by atoms with Crippen molar-refractivity contribution >= 4 is 17.3 Å². The van der Waals surface area contributed by atoms with Crippen LogP contribution in [0.4, 0.5) is 11.4 Å². The minimum atomic E-state index is -0.469. The Kier molecular flexibility index (Phi) is 4.70. The maximum Gasteiger partial charge on any atom is 0.237 e.